The highest BCUT2D eigenvalue weighted by atomic mass is 32.2. The van der Waals surface area contributed by atoms with Crippen LogP contribution in [0.3, 0.4) is 0 Å². The number of hydrogen-bond acceptors (Lipinski definition) is 4. The molecule has 1 amide bonds. The third-order valence-electron chi connectivity index (χ3n) is 3.10. The largest absolute Gasteiger partial charge is 0.279 e. The summed E-state index contributed by atoms with van der Waals surface area (Å²) < 4.78 is 1.73. The zero-order valence-electron chi connectivity index (χ0n) is 13.6. The average Bonchev–Trinajstić information content (AvgIpc) is 2.79. The van der Waals surface area contributed by atoms with Crippen LogP contribution < -0.4 is 5.48 Å². The molecule has 0 radical (unpaired) electrons. The molecule has 0 aliphatic carbocycles. The molecule has 0 aliphatic rings. The maximum absolute atomic E-state index is 12.4. The smallest absolute Gasteiger partial charge is 0.269 e. The molecule has 1 aromatic heterocycles. The third-order valence-corrected chi connectivity index (χ3v) is 4.32. The Hall–Kier alpha value is -2.05. The lowest BCUT2D eigenvalue weighted by molar-refractivity contribution is 0.0397. The first kappa shape index (κ1) is 17.3. The number of nitrogens with one attached hydrogen (secondary N) is 1. The summed E-state index contributed by atoms with van der Waals surface area (Å²) in [6, 6.07) is 10.1. The minimum absolute atomic E-state index is 0.285. The van der Waals surface area contributed by atoms with Crippen LogP contribution in [-0.2, 0) is 17.6 Å². The van der Waals surface area contributed by atoms with E-state index in [0.717, 1.165) is 16.4 Å². The molecule has 0 unspecified atom stereocenters. The molecule has 0 saturated heterocycles. The van der Waals surface area contributed by atoms with E-state index in [-0.39, 0.29) is 12.5 Å². The van der Waals surface area contributed by atoms with E-state index in [1.807, 2.05) is 39.1 Å². The minimum Gasteiger partial charge on any atom is -0.269 e. The average molecular weight is 331 g/mol. The Labute approximate surface area is 140 Å². The molecular weight excluding hydrogens is 310 g/mol. The number of rotatable bonds is 7. The van der Waals surface area contributed by atoms with Gasteiger partial charge < -0.3 is 0 Å². The Balaban J connectivity index is 2.10. The van der Waals surface area contributed by atoms with Gasteiger partial charge in [-0.25, -0.2) is 5.48 Å². The summed E-state index contributed by atoms with van der Waals surface area (Å²) in [5.41, 5.74) is 5.72. The van der Waals surface area contributed by atoms with Gasteiger partial charge >= 0.3 is 0 Å². The first-order valence-electron chi connectivity index (χ1n) is 7.26. The molecule has 23 heavy (non-hydrogen) atoms. The minimum atomic E-state index is -0.285. The van der Waals surface area contributed by atoms with Crippen molar-refractivity contribution < 1.29 is 9.63 Å². The lowest BCUT2D eigenvalue weighted by Gasteiger charge is -2.08. The molecule has 1 aromatic carbocycles. The molecule has 0 spiro atoms. The van der Waals surface area contributed by atoms with Gasteiger partial charge in [0.1, 0.15) is 5.03 Å². The summed E-state index contributed by atoms with van der Waals surface area (Å²) >= 11 is 1.58. The lowest BCUT2D eigenvalue weighted by atomic mass is 10.2. The van der Waals surface area contributed by atoms with Crippen molar-refractivity contribution in [3.8, 4) is 0 Å². The Kier molecular flexibility index (Phi) is 6.01. The van der Waals surface area contributed by atoms with E-state index in [1.165, 1.54) is 5.56 Å². The van der Waals surface area contributed by atoms with Crippen molar-refractivity contribution in [2.24, 2.45) is 7.05 Å². The van der Waals surface area contributed by atoms with E-state index in [2.05, 4.69) is 29.3 Å². The molecule has 0 saturated carbocycles. The highest BCUT2D eigenvalue weighted by Gasteiger charge is 2.20. The zero-order valence-corrected chi connectivity index (χ0v) is 14.4. The van der Waals surface area contributed by atoms with E-state index in [0.29, 0.717) is 11.3 Å². The van der Waals surface area contributed by atoms with Gasteiger partial charge in [-0.1, -0.05) is 42.5 Å². The van der Waals surface area contributed by atoms with Crippen LogP contribution in [0, 0.1) is 6.92 Å². The number of thioether (sulfide) groups is 1. The van der Waals surface area contributed by atoms with E-state index in [1.54, 1.807) is 16.4 Å². The number of carbonyl (C=O) groups excluding carboxylic acids is 1. The second-order valence-electron chi connectivity index (χ2n) is 5.34. The molecule has 2 aromatic rings. The monoisotopic (exact) mass is 331 g/mol. The van der Waals surface area contributed by atoms with Gasteiger partial charge in [-0.15, -0.1) is 11.8 Å². The Bertz CT molecular complexity index is 695. The number of benzene rings is 1. The number of aromatic nitrogens is 2. The van der Waals surface area contributed by atoms with Crippen molar-refractivity contribution >= 4 is 17.7 Å². The predicted molar refractivity (Wildman–Crippen MR) is 92.2 cm³/mol. The summed E-state index contributed by atoms with van der Waals surface area (Å²) in [6.07, 6.45) is 0. The van der Waals surface area contributed by atoms with Crippen LogP contribution in [0.5, 0.6) is 0 Å². The zero-order chi connectivity index (χ0) is 16.8. The van der Waals surface area contributed by atoms with Crippen molar-refractivity contribution in [3.63, 3.8) is 0 Å². The molecule has 0 aliphatic heterocycles. The first-order valence-corrected chi connectivity index (χ1v) is 8.24. The molecule has 122 valence electrons. The fraction of sp³-hybridized carbons (Fsp3) is 0.294. The second kappa shape index (κ2) is 7.99. The first-order chi connectivity index (χ1) is 11.0. The Morgan fingerprint density at radius 3 is 2.74 bits per heavy atom. The van der Waals surface area contributed by atoms with Gasteiger partial charge in [0, 0.05) is 12.8 Å². The van der Waals surface area contributed by atoms with E-state index in [9.17, 15) is 4.79 Å². The van der Waals surface area contributed by atoms with E-state index >= 15 is 0 Å². The van der Waals surface area contributed by atoms with E-state index < -0.39 is 0 Å². The second-order valence-corrected chi connectivity index (χ2v) is 6.30. The fourth-order valence-corrected chi connectivity index (χ4v) is 3.17. The SMILES string of the molecule is C=C(C)CONC(=O)c1c(C)nn(C)c1SCc1ccccc1. The topological polar surface area (TPSA) is 56.1 Å². The van der Waals surface area contributed by atoms with Gasteiger partial charge in [0.2, 0.25) is 0 Å². The number of hydrogen-bond donors (Lipinski definition) is 1. The van der Waals surface area contributed by atoms with Gasteiger partial charge in [-0.05, 0) is 19.4 Å². The van der Waals surface area contributed by atoms with Crippen LogP contribution in [0.4, 0.5) is 0 Å². The summed E-state index contributed by atoms with van der Waals surface area (Å²) in [5, 5.41) is 5.17. The number of carbonyl (C=O) groups is 1. The standard InChI is InChI=1S/C17H21N3O2S/c1-12(2)10-22-19-16(21)15-13(3)18-20(4)17(15)23-11-14-8-6-5-7-9-14/h5-9H,1,10-11H2,2-4H3,(H,19,21). The van der Waals surface area contributed by atoms with Gasteiger partial charge in [-0.2, -0.15) is 5.10 Å². The molecular formula is C17H21N3O2S. The Morgan fingerprint density at radius 1 is 1.39 bits per heavy atom. The summed E-state index contributed by atoms with van der Waals surface area (Å²) in [7, 11) is 1.84. The molecule has 0 fully saturated rings. The van der Waals surface area contributed by atoms with Crippen LogP contribution >= 0.6 is 11.8 Å². The van der Waals surface area contributed by atoms with Crippen molar-refractivity contribution in [3.05, 3.63) is 59.3 Å². The van der Waals surface area contributed by atoms with Gasteiger partial charge in [0.05, 0.1) is 17.9 Å². The molecule has 5 nitrogen and oxygen atoms in total. The number of aryl methyl sites for hydroxylation is 2. The van der Waals surface area contributed by atoms with Crippen LogP contribution in [0.25, 0.3) is 0 Å². The fourth-order valence-electron chi connectivity index (χ4n) is 2.07. The molecule has 0 bridgehead atoms. The molecule has 1 heterocycles. The van der Waals surface area contributed by atoms with Crippen LogP contribution in [0.2, 0.25) is 0 Å². The summed E-state index contributed by atoms with van der Waals surface area (Å²) in [6.45, 7) is 7.67. The third kappa shape index (κ3) is 4.71. The van der Waals surface area contributed by atoms with Gasteiger partial charge in [0.15, 0.2) is 0 Å². The number of amides is 1. The van der Waals surface area contributed by atoms with Crippen molar-refractivity contribution in [2.75, 3.05) is 6.61 Å². The summed E-state index contributed by atoms with van der Waals surface area (Å²) in [5.74, 6) is 0.486. The predicted octanol–water partition coefficient (Wildman–Crippen LogP) is 3.26. The lowest BCUT2D eigenvalue weighted by Crippen LogP contribution is -2.25. The quantitative estimate of drug-likeness (QED) is 0.481. The number of nitrogens with zero attached hydrogens (tertiary/aromatic N) is 2. The highest BCUT2D eigenvalue weighted by Crippen LogP contribution is 2.27. The van der Waals surface area contributed by atoms with Crippen molar-refractivity contribution in [2.45, 2.75) is 24.6 Å². The van der Waals surface area contributed by atoms with E-state index in [4.69, 9.17) is 4.84 Å². The maximum atomic E-state index is 12.4. The molecule has 2 rings (SSSR count). The van der Waals surface area contributed by atoms with Crippen molar-refractivity contribution in [1.29, 1.82) is 0 Å². The molecule has 1 N–H and O–H groups in total. The van der Waals surface area contributed by atoms with Gasteiger partial charge in [-0.3, -0.25) is 14.3 Å². The molecule has 6 heteroatoms. The maximum Gasteiger partial charge on any atom is 0.279 e. The number of hydroxylamine groups is 1. The van der Waals surface area contributed by atoms with Crippen LogP contribution in [0.15, 0.2) is 47.5 Å². The summed E-state index contributed by atoms with van der Waals surface area (Å²) in [4.78, 5) is 17.5. The van der Waals surface area contributed by atoms with Gasteiger partial charge in [0.25, 0.3) is 5.91 Å². The van der Waals surface area contributed by atoms with Crippen LogP contribution in [0.1, 0.15) is 28.5 Å². The Morgan fingerprint density at radius 2 is 2.09 bits per heavy atom. The van der Waals surface area contributed by atoms with Crippen LogP contribution in [-0.4, -0.2) is 22.3 Å². The molecule has 0 atom stereocenters. The normalized spacial score (nSPS) is 10.6. The highest BCUT2D eigenvalue weighted by molar-refractivity contribution is 7.98. The van der Waals surface area contributed by atoms with Crippen molar-refractivity contribution in [1.82, 2.24) is 15.3 Å².